The van der Waals surface area contributed by atoms with Crippen molar-refractivity contribution < 1.29 is 81.1 Å². The number of rotatable bonds is 20. The molecule has 0 aromatic heterocycles. The van der Waals surface area contributed by atoms with Crippen LogP contribution in [0.15, 0.2) is 42.5 Å². The summed E-state index contributed by atoms with van der Waals surface area (Å²) in [7, 11) is 4.86. The topological polar surface area (TPSA) is 253 Å². The summed E-state index contributed by atoms with van der Waals surface area (Å²) < 4.78 is 54.1. The molecule has 1 amide bonds. The van der Waals surface area contributed by atoms with Crippen molar-refractivity contribution in [3.63, 3.8) is 0 Å². The first-order chi connectivity index (χ1) is 27.1. The molecule has 1 heterocycles. The molecule has 2 aromatic rings. The molecule has 0 radical (unpaired) electrons. The lowest BCUT2D eigenvalue weighted by Crippen LogP contribution is -2.64. The van der Waals surface area contributed by atoms with Gasteiger partial charge in [0.25, 0.3) is 11.6 Å². The van der Waals surface area contributed by atoms with Crippen LogP contribution in [0.1, 0.15) is 36.7 Å². The second-order valence-electron chi connectivity index (χ2n) is 12.3. The Labute approximate surface area is 326 Å². The van der Waals surface area contributed by atoms with Gasteiger partial charge in [-0.05, 0) is 43.9 Å². The third-order valence-corrected chi connectivity index (χ3v) is 7.56. The number of amides is 1. The highest BCUT2D eigenvalue weighted by molar-refractivity contribution is 5.97. The normalized spacial score (nSPS) is 18.8. The summed E-state index contributed by atoms with van der Waals surface area (Å²) >= 11 is 0. The van der Waals surface area contributed by atoms with Gasteiger partial charge in [0.1, 0.15) is 18.1 Å². The minimum absolute atomic E-state index is 0.0251. The molecule has 0 spiro atoms. The van der Waals surface area contributed by atoms with Crippen LogP contribution in [0, 0.1) is 10.1 Å². The minimum atomic E-state index is -1.78. The van der Waals surface area contributed by atoms with Crippen molar-refractivity contribution in [2.75, 3.05) is 60.7 Å². The van der Waals surface area contributed by atoms with Crippen molar-refractivity contribution in [2.45, 2.75) is 58.1 Å². The number of nitrogens with one attached hydrogen (secondary N) is 1. The average molecular weight is 808 g/mol. The molecule has 5 atom stereocenters. The molecule has 21 nitrogen and oxygen atoms in total. The number of hydrogen-bond acceptors (Lipinski definition) is 19. The lowest BCUT2D eigenvalue weighted by atomic mass is 9.97. The molecular weight excluding hydrogens is 762 g/mol. The molecule has 0 bridgehead atoms. The third-order valence-electron chi connectivity index (χ3n) is 7.56. The molecule has 1 fully saturated rings. The van der Waals surface area contributed by atoms with Crippen molar-refractivity contribution in [3.05, 3.63) is 63.7 Å². The van der Waals surface area contributed by atoms with Gasteiger partial charge in [-0.1, -0.05) is 6.07 Å². The Morgan fingerprint density at radius 1 is 0.825 bits per heavy atom. The molecule has 2 aromatic carbocycles. The predicted octanol–water partition coefficient (Wildman–Crippen LogP) is 1.71. The van der Waals surface area contributed by atoms with Gasteiger partial charge in [-0.25, -0.2) is 9.59 Å². The van der Waals surface area contributed by atoms with Crippen LogP contribution in [0.3, 0.4) is 0 Å². The summed E-state index contributed by atoms with van der Waals surface area (Å²) in [6.07, 6.45) is -9.70. The lowest BCUT2D eigenvalue weighted by Gasteiger charge is -2.43. The molecule has 1 aliphatic heterocycles. The van der Waals surface area contributed by atoms with Crippen LogP contribution >= 0.6 is 0 Å². The number of carbonyl (C=O) groups excluding carboxylic acids is 6. The Morgan fingerprint density at radius 2 is 1.44 bits per heavy atom. The van der Waals surface area contributed by atoms with Gasteiger partial charge in [-0.3, -0.25) is 29.3 Å². The molecule has 21 heteroatoms. The third kappa shape index (κ3) is 14.9. The predicted molar refractivity (Wildman–Crippen MR) is 191 cm³/mol. The van der Waals surface area contributed by atoms with E-state index in [-0.39, 0.29) is 48.1 Å². The Hall–Kier alpha value is -5.90. The van der Waals surface area contributed by atoms with E-state index in [0.717, 1.165) is 46.6 Å². The number of benzene rings is 2. The lowest BCUT2D eigenvalue weighted by molar-refractivity contribution is -0.384. The zero-order valence-electron chi connectivity index (χ0n) is 32.1. The molecule has 0 saturated carbocycles. The monoisotopic (exact) mass is 807 g/mol. The second kappa shape index (κ2) is 22.6. The van der Waals surface area contributed by atoms with Gasteiger partial charge in [0.05, 0.1) is 44.0 Å². The molecule has 1 saturated heterocycles. The maximum atomic E-state index is 13.6. The molecule has 57 heavy (non-hydrogen) atoms. The van der Waals surface area contributed by atoms with E-state index in [1.807, 2.05) is 19.0 Å². The number of esters is 4. The number of hydrogen-bond donors (Lipinski definition) is 1. The van der Waals surface area contributed by atoms with Crippen molar-refractivity contribution >= 4 is 41.6 Å². The quantitative estimate of drug-likeness (QED) is 0.0499. The standard InChI is InChI=1S/C36H45N3O18/c1-21(40)52-29-30(53-22(2)41)32(54-23(3)42)35(57-31(29)34(44)48-6)56-28-12-7-24(20-51-36(45)55-26-10-8-25(9-11-26)39(46)47)19-27(28)33(43)37-13-15-49-17-18-50-16-14-38(4)5/h7-12,19,29-32,35H,13-18,20H2,1-6H3,(H,37,43)/t29-,30-,31-,32+,35+/m0/s1. The Kier molecular flexibility index (Phi) is 18.0. The molecule has 3 rings (SSSR count). The number of non-ortho nitro benzene ring substituents is 1. The van der Waals surface area contributed by atoms with Crippen molar-refractivity contribution in [1.82, 2.24) is 10.2 Å². The number of nitrogens with zero attached hydrogens (tertiary/aromatic N) is 2. The number of ether oxygens (including phenoxy) is 10. The van der Waals surface area contributed by atoms with Crippen molar-refractivity contribution in [1.29, 1.82) is 0 Å². The summed E-state index contributed by atoms with van der Waals surface area (Å²) in [5, 5.41) is 13.6. The molecule has 0 aliphatic carbocycles. The molecule has 0 unspecified atom stereocenters. The highest BCUT2D eigenvalue weighted by Crippen LogP contribution is 2.33. The van der Waals surface area contributed by atoms with Crippen LogP contribution in [0.2, 0.25) is 0 Å². The highest BCUT2D eigenvalue weighted by Gasteiger charge is 2.56. The first-order valence-corrected chi connectivity index (χ1v) is 17.3. The molecule has 1 N–H and O–H groups in total. The zero-order chi connectivity index (χ0) is 42.1. The fraction of sp³-hybridized carbons (Fsp3) is 0.500. The maximum Gasteiger partial charge on any atom is 0.514 e. The number of nitro benzene ring substituents is 1. The Bertz CT molecular complexity index is 1720. The smallest absolute Gasteiger partial charge is 0.467 e. The Balaban J connectivity index is 1.88. The first-order valence-electron chi connectivity index (χ1n) is 17.3. The summed E-state index contributed by atoms with van der Waals surface area (Å²) in [5.74, 6) is -4.73. The van der Waals surface area contributed by atoms with Crippen LogP contribution in [-0.2, 0) is 63.7 Å². The molecular formula is C36H45N3O18. The average Bonchev–Trinajstić information content (AvgIpc) is 3.14. The Morgan fingerprint density at radius 3 is 2.04 bits per heavy atom. The van der Waals surface area contributed by atoms with Crippen LogP contribution in [-0.4, -0.2) is 137 Å². The van der Waals surface area contributed by atoms with E-state index >= 15 is 0 Å². The fourth-order valence-corrected chi connectivity index (χ4v) is 5.05. The van der Waals surface area contributed by atoms with Crippen molar-refractivity contribution in [3.8, 4) is 11.5 Å². The summed E-state index contributed by atoms with van der Waals surface area (Å²) in [4.78, 5) is 87.8. The largest absolute Gasteiger partial charge is 0.514 e. The molecule has 1 aliphatic rings. The summed E-state index contributed by atoms with van der Waals surface area (Å²) in [6.45, 7) is 4.63. The van der Waals surface area contributed by atoms with E-state index in [2.05, 4.69) is 5.32 Å². The fourth-order valence-electron chi connectivity index (χ4n) is 5.05. The van der Waals surface area contributed by atoms with E-state index in [0.29, 0.717) is 13.2 Å². The summed E-state index contributed by atoms with van der Waals surface area (Å²) in [5.41, 5.74) is -0.136. The van der Waals surface area contributed by atoms with Gasteiger partial charge >= 0.3 is 30.0 Å². The number of likely N-dealkylation sites (N-methyl/N-ethyl adjacent to an activating group) is 1. The van der Waals surface area contributed by atoms with Crippen LogP contribution < -0.4 is 14.8 Å². The minimum Gasteiger partial charge on any atom is -0.467 e. The van der Waals surface area contributed by atoms with Gasteiger partial charge in [-0.15, -0.1) is 0 Å². The van der Waals surface area contributed by atoms with Gasteiger partial charge in [0, 0.05) is 46.0 Å². The first kappa shape index (κ1) is 45.5. The highest BCUT2D eigenvalue weighted by atomic mass is 16.7. The van der Waals surface area contributed by atoms with Gasteiger partial charge in [0.2, 0.25) is 12.4 Å². The van der Waals surface area contributed by atoms with E-state index in [4.69, 9.17) is 47.4 Å². The van der Waals surface area contributed by atoms with Crippen molar-refractivity contribution in [2.24, 2.45) is 0 Å². The number of carbonyl (C=O) groups is 6. The summed E-state index contributed by atoms with van der Waals surface area (Å²) in [6, 6.07) is 8.68. The van der Waals surface area contributed by atoms with E-state index < -0.39 is 78.2 Å². The van der Waals surface area contributed by atoms with E-state index in [9.17, 15) is 38.9 Å². The van der Waals surface area contributed by atoms with Gasteiger partial charge in [-0.2, -0.15) is 0 Å². The van der Waals surface area contributed by atoms with Crippen LogP contribution in [0.25, 0.3) is 0 Å². The zero-order valence-corrected chi connectivity index (χ0v) is 32.1. The maximum absolute atomic E-state index is 13.6. The van der Waals surface area contributed by atoms with Gasteiger partial charge in [0.15, 0.2) is 18.3 Å². The second-order valence-corrected chi connectivity index (χ2v) is 12.3. The number of methoxy groups -OCH3 is 1. The van der Waals surface area contributed by atoms with E-state index in [1.54, 1.807) is 0 Å². The number of nitro groups is 1. The van der Waals surface area contributed by atoms with Gasteiger partial charge < -0.3 is 57.6 Å². The van der Waals surface area contributed by atoms with Crippen LogP contribution in [0.4, 0.5) is 10.5 Å². The SMILES string of the molecule is COC(=O)[C@H]1O[C@@H](Oc2ccc(COC(=O)Oc3ccc([N+](=O)[O-])cc3)cc2C(=O)NCCOCCOCCN(C)C)[C@H](OC(C)=O)[C@@H](OC(C)=O)[C@@H]1OC(C)=O. The van der Waals surface area contributed by atoms with Crippen LogP contribution in [0.5, 0.6) is 11.5 Å². The van der Waals surface area contributed by atoms with E-state index in [1.165, 1.54) is 30.3 Å². The molecule has 312 valence electrons.